The van der Waals surface area contributed by atoms with Crippen molar-refractivity contribution in [1.82, 2.24) is 0 Å². The summed E-state index contributed by atoms with van der Waals surface area (Å²) in [5, 5.41) is 9.24. The summed E-state index contributed by atoms with van der Waals surface area (Å²) < 4.78 is 31.5. The molecule has 0 aliphatic carbocycles. The fraction of sp³-hybridized carbons (Fsp3) is 0.0769. The Labute approximate surface area is 107 Å². The summed E-state index contributed by atoms with van der Waals surface area (Å²) in [4.78, 5) is 0. The van der Waals surface area contributed by atoms with Crippen molar-refractivity contribution >= 4 is 11.6 Å². The average molecular weight is 271 g/mol. The Morgan fingerprint density at radius 3 is 2.61 bits per heavy atom. The highest BCUT2D eigenvalue weighted by Gasteiger charge is 2.10. The molecule has 0 atom stereocenters. The molecule has 0 heterocycles. The van der Waals surface area contributed by atoms with E-state index in [0.29, 0.717) is 10.6 Å². The summed E-state index contributed by atoms with van der Waals surface area (Å²) in [5.74, 6) is -1.99. The zero-order valence-corrected chi connectivity index (χ0v) is 9.92. The van der Waals surface area contributed by atoms with Crippen molar-refractivity contribution in [2.45, 2.75) is 6.61 Å². The van der Waals surface area contributed by atoms with Crippen molar-refractivity contribution in [3.63, 3.8) is 0 Å². The lowest BCUT2D eigenvalue weighted by atomic mass is 10.2. The first-order chi connectivity index (χ1) is 8.61. The summed E-state index contributed by atoms with van der Waals surface area (Å²) in [6.45, 7) is -0.201. The zero-order chi connectivity index (χ0) is 13.1. The molecule has 0 saturated heterocycles. The molecule has 2 aromatic rings. The van der Waals surface area contributed by atoms with Crippen LogP contribution in [0.4, 0.5) is 8.78 Å². The second-order valence-electron chi connectivity index (χ2n) is 3.57. The molecule has 0 unspecified atom stereocenters. The highest BCUT2D eigenvalue weighted by Crippen LogP contribution is 2.29. The lowest BCUT2D eigenvalue weighted by Crippen LogP contribution is -1.92. The van der Waals surface area contributed by atoms with E-state index in [9.17, 15) is 8.78 Å². The van der Waals surface area contributed by atoms with Crippen LogP contribution in [-0.4, -0.2) is 5.11 Å². The van der Waals surface area contributed by atoms with Crippen LogP contribution < -0.4 is 4.74 Å². The van der Waals surface area contributed by atoms with Crippen molar-refractivity contribution in [1.29, 1.82) is 0 Å². The van der Waals surface area contributed by atoms with Crippen LogP contribution in [0.25, 0.3) is 0 Å². The Kier molecular flexibility index (Phi) is 3.79. The molecule has 2 rings (SSSR count). The van der Waals surface area contributed by atoms with E-state index in [1.165, 1.54) is 24.3 Å². The van der Waals surface area contributed by atoms with Gasteiger partial charge in [0.05, 0.1) is 6.61 Å². The molecule has 0 saturated carbocycles. The van der Waals surface area contributed by atoms with E-state index in [2.05, 4.69) is 0 Å². The molecule has 0 spiro atoms. The third-order valence-corrected chi connectivity index (χ3v) is 2.69. The molecule has 0 aliphatic heterocycles. The second-order valence-corrected chi connectivity index (χ2v) is 3.97. The van der Waals surface area contributed by atoms with E-state index in [-0.39, 0.29) is 18.1 Å². The summed E-state index contributed by atoms with van der Waals surface area (Å²) in [6.07, 6.45) is 0. The first kappa shape index (κ1) is 12.8. The minimum absolute atomic E-state index is 0.201. The molecule has 0 aromatic heterocycles. The Bertz CT molecular complexity index is 573. The third kappa shape index (κ3) is 2.60. The molecule has 18 heavy (non-hydrogen) atoms. The van der Waals surface area contributed by atoms with Crippen LogP contribution in [0.15, 0.2) is 36.4 Å². The van der Waals surface area contributed by atoms with Crippen LogP contribution in [0.2, 0.25) is 5.02 Å². The smallest absolute Gasteiger partial charge is 0.201 e. The van der Waals surface area contributed by atoms with Gasteiger partial charge in [-0.2, -0.15) is 4.39 Å². The van der Waals surface area contributed by atoms with Gasteiger partial charge < -0.3 is 9.84 Å². The van der Waals surface area contributed by atoms with Gasteiger partial charge in [-0.25, -0.2) is 4.39 Å². The summed E-state index contributed by atoms with van der Waals surface area (Å²) >= 11 is 5.86. The molecule has 0 bridgehead atoms. The molecule has 94 valence electrons. The minimum atomic E-state index is -1.06. The van der Waals surface area contributed by atoms with Crippen LogP contribution in [-0.2, 0) is 6.61 Å². The van der Waals surface area contributed by atoms with Gasteiger partial charge in [0.2, 0.25) is 5.82 Å². The Morgan fingerprint density at radius 1 is 1.17 bits per heavy atom. The van der Waals surface area contributed by atoms with Crippen LogP contribution >= 0.6 is 11.6 Å². The van der Waals surface area contributed by atoms with Crippen LogP contribution in [0.5, 0.6) is 11.5 Å². The van der Waals surface area contributed by atoms with E-state index in [0.717, 1.165) is 6.07 Å². The van der Waals surface area contributed by atoms with Crippen molar-refractivity contribution in [3.05, 3.63) is 58.6 Å². The molecule has 0 radical (unpaired) electrons. The van der Waals surface area contributed by atoms with Crippen molar-refractivity contribution < 1.29 is 18.6 Å². The predicted octanol–water partition coefficient (Wildman–Crippen LogP) is 3.90. The molecule has 0 fully saturated rings. The summed E-state index contributed by atoms with van der Waals surface area (Å²) in [5.41, 5.74) is 0.531. The quantitative estimate of drug-likeness (QED) is 0.916. The van der Waals surface area contributed by atoms with Crippen molar-refractivity contribution in [2.24, 2.45) is 0 Å². The second kappa shape index (κ2) is 5.33. The van der Waals surface area contributed by atoms with Gasteiger partial charge in [0.1, 0.15) is 5.75 Å². The average Bonchev–Trinajstić information content (AvgIpc) is 2.35. The van der Waals surface area contributed by atoms with E-state index < -0.39 is 11.6 Å². The number of hydrogen-bond donors (Lipinski definition) is 1. The molecular formula is C13H9ClF2O2. The number of hydrogen-bond acceptors (Lipinski definition) is 2. The molecule has 1 N–H and O–H groups in total. The predicted molar refractivity (Wildman–Crippen MR) is 63.8 cm³/mol. The number of aliphatic hydroxyl groups excluding tert-OH is 1. The number of halogens is 3. The van der Waals surface area contributed by atoms with E-state index >= 15 is 0 Å². The maximum absolute atomic E-state index is 13.4. The van der Waals surface area contributed by atoms with Gasteiger partial charge >= 0.3 is 0 Å². The number of ether oxygens (including phenoxy) is 1. The topological polar surface area (TPSA) is 29.5 Å². The van der Waals surface area contributed by atoms with Gasteiger partial charge in [-0.05, 0) is 29.8 Å². The van der Waals surface area contributed by atoms with E-state index in [1.54, 1.807) is 6.07 Å². The Morgan fingerprint density at radius 2 is 1.94 bits per heavy atom. The highest BCUT2D eigenvalue weighted by molar-refractivity contribution is 6.31. The van der Waals surface area contributed by atoms with Crippen LogP contribution in [0.1, 0.15) is 5.56 Å². The summed E-state index contributed by atoms with van der Waals surface area (Å²) in [7, 11) is 0. The molecule has 2 nitrogen and oxygen atoms in total. The zero-order valence-electron chi connectivity index (χ0n) is 9.16. The molecular weight excluding hydrogens is 262 g/mol. The standard InChI is InChI=1S/C13H9ClF2O2/c14-10-6-9(5-4-8(10)7-17)18-12-3-1-2-11(15)13(12)16/h1-6,17H,7H2. The van der Waals surface area contributed by atoms with E-state index in [1.807, 2.05) is 0 Å². The lowest BCUT2D eigenvalue weighted by Gasteiger charge is -2.08. The maximum atomic E-state index is 13.4. The minimum Gasteiger partial charge on any atom is -0.454 e. The fourth-order valence-corrected chi connectivity index (χ4v) is 1.64. The molecule has 0 aliphatic rings. The van der Waals surface area contributed by atoms with Gasteiger partial charge in [-0.3, -0.25) is 0 Å². The Hall–Kier alpha value is -1.65. The van der Waals surface area contributed by atoms with Crippen LogP contribution in [0.3, 0.4) is 0 Å². The van der Waals surface area contributed by atoms with Crippen LogP contribution in [0, 0.1) is 11.6 Å². The lowest BCUT2D eigenvalue weighted by molar-refractivity contribution is 0.282. The number of benzene rings is 2. The van der Waals surface area contributed by atoms with Crippen molar-refractivity contribution in [3.8, 4) is 11.5 Å². The maximum Gasteiger partial charge on any atom is 0.201 e. The summed E-state index contributed by atoms with van der Waals surface area (Å²) in [6, 6.07) is 8.15. The van der Waals surface area contributed by atoms with Gasteiger partial charge in [-0.1, -0.05) is 23.7 Å². The first-order valence-corrected chi connectivity index (χ1v) is 5.50. The first-order valence-electron chi connectivity index (χ1n) is 5.13. The van der Waals surface area contributed by atoms with Crippen molar-refractivity contribution in [2.75, 3.05) is 0 Å². The monoisotopic (exact) mass is 270 g/mol. The normalized spacial score (nSPS) is 10.4. The molecule has 2 aromatic carbocycles. The van der Waals surface area contributed by atoms with Gasteiger partial charge in [-0.15, -0.1) is 0 Å². The number of aliphatic hydroxyl groups is 1. The molecule has 5 heteroatoms. The van der Waals surface area contributed by atoms with Gasteiger partial charge in [0.25, 0.3) is 0 Å². The SMILES string of the molecule is OCc1ccc(Oc2cccc(F)c2F)cc1Cl. The fourth-order valence-electron chi connectivity index (χ4n) is 1.41. The highest BCUT2D eigenvalue weighted by atomic mass is 35.5. The van der Waals surface area contributed by atoms with Gasteiger partial charge in [0, 0.05) is 5.02 Å². The largest absolute Gasteiger partial charge is 0.454 e. The Balaban J connectivity index is 2.29. The van der Waals surface area contributed by atoms with Gasteiger partial charge in [0.15, 0.2) is 11.6 Å². The third-order valence-electron chi connectivity index (χ3n) is 2.34. The number of rotatable bonds is 3. The van der Waals surface area contributed by atoms with E-state index in [4.69, 9.17) is 21.4 Å². The molecule has 0 amide bonds.